The molecule has 0 bridgehead atoms. The topological polar surface area (TPSA) is 26.0 Å². The number of hydrogen-bond acceptors (Lipinski definition) is 1. The fraction of sp³-hybridized carbons (Fsp3) is 0.538. The highest BCUT2D eigenvalue weighted by Gasteiger charge is 2.30. The van der Waals surface area contributed by atoms with Crippen LogP contribution in [-0.2, 0) is 12.6 Å². The minimum Gasteiger partial charge on any atom is -0.328 e. The van der Waals surface area contributed by atoms with Crippen LogP contribution >= 0.6 is 0 Å². The van der Waals surface area contributed by atoms with Crippen molar-refractivity contribution >= 4 is 0 Å². The van der Waals surface area contributed by atoms with Crippen LogP contribution in [0.25, 0.3) is 0 Å². The summed E-state index contributed by atoms with van der Waals surface area (Å²) in [6.45, 7) is 3.59. The minimum absolute atomic E-state index is 0.0990. The van der Waals surface area contributed by atoms with Gasteiger partial charge in [0.05, 0.1) is 5.56 Å². The highest BCUT2D eigenvalue weighted by molar-refractivity contribution is 5.31. The van der Waals surface area contributed by atoms with Crippen LogP contribution in [0, 0.1) is 6.92 Å². The summed E-state index contributed by atoms with van der Waals surface area (Å²) in [5.41, 5.74) is 6.43. The van der Waals surface area contributed by atoms with Crippen LogP contribution in [0.3, 0.4) is 0 Å². The first-order valence-electron chi connectivity index (χ1n) is 5.72. The number of halogens is 3. The molecule has 1 rings (SSSR count). The summed E-state index contributed by atoms with van der Waals surface area (Å²) in [4.78, 5) is 0. The van der Waals surface area contributed by atoms with Crippen molar-refractivity contribution in [1.82, 2.24) is 0 Å². The van der Waals surface area contributed by atoms with Gasteiger partial charge in [-0.15, -0.1) is 0 Å². The first-order chi connectivity index (χ1) is 7.79. The van der Waals surface area contributed by atoms with Crippen molar-refractivity contribution in [2.75, 3.05) is 0 Å². The van der Waals surface area contributed by atoms with Crippen molar-refractivity contribution < 1.29 is 13.2 Å². The molecule has 4 heteroatoms. The smallest absolute Gasteiger partial charge is 0.328 e. The van der Waals surface area contributed by atoms with E-state index in [0.29, 0.717) is 12.0 Å². The predicted molar refractivity (Wildman–Crippen MR) is 62.8 cm³/mol. The molecule has 0 aliphatic heterocycles. The third-order valence-corrected chi connectivity index (χ3v) is 2.59. The van der Waals surface area contributed by atoms with Crippen LogP contribution in [0.4, 0.5) is 13.2 Å². The molecule has 0 saturated heterocycles. The van der Waals surface area contributed by atoms with E-state index in [0.717, 1.165) is 18.4 Å². The summed E-state index contributed by atoms with van der Waals surface area (Å²) in [6.07, 6.45) is -1.97. The maximum atomic E-state index is 12.6. The van der Waals surface area contributed by atoms with E-state index in [1.54, 1.807) is 13.0 Å². The van der Waals surface area contributed by atoms with E-state index in [1.807, 2.05) is 6.92 Å². The van der Waals surface area contributed by atoms with Crippen LogP contribution < -0.4 is 5.73 Å². The summed E-state index contributed by atoms with van der Waals surface area (Å²) in [6, 6.07) is 4.31. The molecule has 0 amide bonds. The third kappa shape index (κ3) is 4.77. The van der Waals surface area contributed by atoms with Crippen LogP contribution in [0.15, 0.2) is 18.2 Å². The Kier molecular flexibility index (Phi) is 4.57. The maximum Gasteiger partial charge on any atom is 0.416 e. The van der Waals surface area contributed by atoms with Gasteiger partial charge in [-0.3, -0.25) is 0 Å². The zero-order valence-corrected chi connectivity index (χ0v) is 10.1. The van der Waals surface area contributed by atoms with Gasteiger partial charge < -0.3 is 5.73 Å². The normalized spacial score (nSPS) is 13.8. The molecule has 1 aromatic carbocycles. The van der Waals surface area contributed by atoms with Gasteiger partial charge in [0.2, 0.25) is 0 Å². The first kappa shape index (κ1) is 14.0. The Morgan fingerprint density at radius 3 is 2.41 bits per heavy atom. The fourth-order valence-electron chi connectivity index (χ4n) is 1.80. The predicted octanol–water partition coefficient (Wildman–Crippen LogP) is 3.68. The number of nitrogens with two attached hydrogens (primary N) is 1. The monoisotopic (exact) mass is 245 g/mol. The Morgan fingerprint density at radius 1 is 1.24 bits per heavy atom. The first-order valence-corrected chi connectivity index (χ1v) is 5.72. The second-order valence-electron chi connectivity index (χ2n) is 4.57. The Balaban J connectivity index is 2.76. The van der Waals surface area contributed by atoms with Crippen molar-refractivity contribution in [1.29, 1.82) is 0 Å². The molecule has 17 heavy (non-hydrogen) atoms. The largest absolute Gasteiger partial charge is 0.416 e. The Hall–Kier alpha value is -1.03. The molecule has 0 heterocycles. The quantitative estimate of drug-likeness (QED) is 0.860. The van der Waals surface area contributed by atoms with Gasteiger partial charge in [0.25, 0.3) is 0 Å². The molecule has 0 fully saturated rings. The van der Waals surface area contributed by atoms with Gasteiger partial charge in [-0.25, -0.2) is 0 Å². The number of hydrogen-bond donors (Lipinski definition) is 1. The van der Waals surface area contributed by atoms with E-state index < -0.39 is 11.7 Å². The lowest BCUT2D eigenvalue weighted by atomic mass is 10.0. The molecule has 1 nitrogen and oxygen atoms in total. The number of alkyl halides is 3. The van der Waals surface area contributed by atoms with Crippen molar-refractivity contribution in [2.24, 2.45) is 5.73 Å². The fourth-order valence-corrected chi connectivity index (χ4v) is 1.80. The summed E-state index contributed by atoms with van der Waals surface area (Å²) in [7, 11) is 0. The van der Waals surface area contributed by atoms with Crippen LogP contribution in [0.1, 0.15) is 36.5 Å². The van der Waals surface area contributed by atoms with E-state index in [2.05, 4.69) is 0 Å². The van der Waals surface area contributed by atoms with E-state index in [9.17, 15) is 13.2 Å². The number of aryl methyl sites for hydroxylation is 2. The number of rotatable bonds is 4. The van der Waals surface area contributed by atoms with Crippen LogP contribution in [-0.4, -0.2) is 6.04 Å². The molecular formula is C13H18F3N. The average molecular weight is 245 g/mol. The van der Waals surface area contributed by atoms with Gasteiger partial charge in [-0.1, -0.05) is 11.6 Å². The Morgan fingerprint density at radius 2 is 1.88 bits per heavy atom. The Bertz CT molecular complexity index is 369. The molecule has 0 saturated carbocycles. The Labute approximate surface area is 99.8 Å². The lowest BCUT2D eigenvalue weighted by Gasteiger charge is -2.11. The van der Waals surface area contributed by atoms with Crippen LogP contribution in [0.2, 0.25) is 0 Å². The lowest BCUT2D eigenvalue weighted by Crippen LogP contribution is -2.14. The lowest BCUT2D eigenvalue weighted by molar-refractivity contribution is -0.137. The summed E-state index contributed by atoms with van der Waals surface area (Å²) >= 11 is 0. The van der Waals surface area contributed by atoms with Gasteiger partial charge in [0.1, 0.15) is 0 Å². The molecule has 0 spiro atoms. The molecular weight excluding hydrogens is 227 g/mol. The van der Waals surface area contributed by atoms with Crippen LogP contribution in [0.5, 0.6) is 0 Å². The molecule has 0 radical (unpaired) electrons. The average Bonchev–Trinajstić information content (AvgIpc) is 2.14. The van der Waals surface area contributed by atoms with Crippen molar-refractivity contribution in [3.8, 4) is 0 Å². The zero-order chi connectivity index (χ0) is 13.1. The van der Waals surface area contributed by atoms with Gasteiger partial charge in [0.15, 0.2) is 0 Å². The molecule has 1 aromatic rings. The molecule has 1 atom stereocenters. The summed E-state index contributed by atoms with van der Waals surface area (Å²) in [5, 5.41) is 0. The second-order valence-corrected chi connectivity index (χ2v) is 4.57. The van der Waals surface area contributed by atoms with Crippen molar-refractivity contribution in [3.05, 3.63) is 34.9 Å². The highest BCUT2D eigenvalue weighted by Crippen LogP contribution is 2.30. The number of benzene rings is 1. The molecule has 2 N–H and O–H groups in total. The second kappa shape index (κ2) is 5.54. The van der Waals surface area contributed by atoms with E-state index in [1.165, 1.54) is 12.1 Å². The molecule has 0 aliphatic carbocycles. The van der Waals surface area contributed by atoms with Crippen molar-refractivity contribution in [3.63, 3.8) is 0 Å². The van der Waals surface area contributed by atoms with Gasteiger partial charge in [0, 0.05) is 6.04 Å². The van der Waals surface area contributed by atoms with Crippen molar-refractivity contribution in [2.45, 2.75) is 45.3 Å². The van der Waals surface area contributed by atoms with E-state index in [4.69, 9.17) is 5.73 Å². The summed E-state index contributed by atoms with van der Waals surface area (Å²) in [5.74, 6) is 0. The molecule has 96 valence electrons. The summed E-state index contributed by atoms with van der Waals surface area (Å²) < 4.78 is 37.7. The molecule has 0 aliphatic rings. The zero-order valence-electron chi connectivity index (χ0n) is 10.1. The minimum atomic E-state index is -4.26. The van der Waals surface area contributed by atoms with E-state index in [-0.39, 0.29) is 6.04 Å². The van der Waals surface area contributed by atoms with Gasteiger partial charge in [-0.05, 0) is 50.8 Å². The third-order valence-electron chi connectivity index (χ3n) is 2.59. The van der Waals surface area contributed by atoms with E-state index >= 15 is 0 Å². The maximum absolute atomic E-state index is 12.6. The SMILES string of the molecule is Cc1cc(CCC[C@H](C)N)cc(C(F)(F)F)c1. The molecule has 0 unspecified atom stereocenters. The standard InChI is InChI=1S/C13H18F3N/c1-9-6-11(5-3-4-10(2)17)8-12(7-9)13(14,15)16/h6-8,10H,3-5,17H2,1-2H3/t10-/m0/s1. The highest BCUT2D eigenvalue weighted by atomic mass is 19.4. The van der Waals surface area contributed by atoms with Gasteiger partial charge in [-0.2, -0.15) is 13.2 Å². The van der Waals surface area contributed by atoms with Gasteiger partial charge >= 0.3 is 6.18 Å². The molecule has 0 aromatic heterocycles.